The standard InChI is InChI=1S/C14H23NO3/c1-14(2,3)18-13(17)15(4)10-12(16)9-11-7-5-6-8-11/h5-6,11H,7-10H2,1-4H3. The fourth-order valence-corrected chi connectivity index (χ4v) is 1.90. The smallest absolute Gasteiger partial charge is 0.410 e. The van der Waals surface area contributed by atoms with Crippen LogP contribution >= 0.6 is 0 Å². The van der Waals surface area contributed by atoms with Gasteiger partial charge in [0.15, 0.2) is 5.78 Å². The van der Waals surface area contributed by atoms with Gasteiger partial charge in [0.25, 0.3) is 0 Å². The molecule has 0 aliphatic heterocycles. The molecule has 0 aromatic carbocycles. The van der Waals surface area contributed by atoms with Crippen molar-refractivity contribution in [3.8, 4) is 0 Å². The molecule has 1 aliphatic rings. The summed E-state index contributed by atoms with van der Waals surface area (Å²) in [5, 5.41) is 0. The topological polar surface area (TPSA) is 46.6 Å². The molecule has 0 saturated carbocycles. The Labute approximate surface area is 109 Å². The molecule has 0 heterocycles. The van der Waals surface area contributed by atoms with E-state index in [1.165, 1.54) is 4.90 Å². The fourth-order valence-electron chi connectivity index (χ4n) is 1.90. The highest BCUT2D eigenvalue weighted by molar-refractivity contribution is 5.84. The maximum atomic E-state index is 11.8. The zero-order valence-electron chi connectivity index (χ0n) is 11.7. The Kier molecular flexibility index (Phi) is 4.93. The first-order chi connectivity index (χ1) is 8.28. The summed E-state index contributed by atoms with van der Waals surface area (Å²) in [5.74, 6) is 0.515. The Morgan fingerprint density at radius 1 is 1.28 bits per heavy atom. The van der Waals surface area contributed by atoms with E-state index in [0.717, 1.165) is 12.8 Å². The van der Waals surface area contributed by atoms with Gasteiger partial charge in [-0.05, 0) is 39.5 Å². The molecular formula is C14H23NO3. The van der Waals surface area contributed by atoms with Crippen molar-refractivity contribution < 1.29 is 14.3 Å². The molecule has 0 spiro atoms. The molecule has 0 saturated heterocycles. The summed E-state index contributed by atoms with van der Waals surface area (Å²) >= 11 is 0. The SMILES string of the molecule is CN(CC(=O)CC1CC=CC1)C(=O)OC(C)(C)C. The van der Waals surface area contributed by atoms with Crippen molar-refractivity contribution in [1.29, 1.82) is 0 Å². The summed E-state index contributed by atoms with van der Waals surface area (Å²) in [6.45, 7) is 5.56. The van der Waals surface area contributed by atoms with E-state index in [1.54, 1.807) is 7.05 Å². The molecule has 0 atom stereocenters. The monoisotopic (exact) mass is 253 g/mol. The lowest BCUT2D eigenvalue weighted by atomic mass is 10.0. The number of carbonyl (C=O) groups excluding carboxylic acids is 2. The maximum absolute atomic E-state index is 11.8. The van der Waals surface area contributed by atoms with Gasteiger partial charge in [-0.15, -0.1) is 0 Å². The van der Waals surface area contributed by atoms with Crippen LogP contribution in [0.1, 0.15) is 40.0 Å². The molecule has 0 fully saturated rings. The third-order valence-corrected chi connectivity index (χ3v) is 2.74. The third-order valence-electron chi connectivity index (χ3n) is 2.74. The van der Waals surface area contributed by atoms with Gasteiger partial charge < -0.3 is 9.64 Å². The second kappa shape index (κ2) is 6.03. The minimum absolute atomic E-state index is 0.0945. The molecule has 0 radical (unpaired) electrons. The van der Waals surface area contributed by atoms with E-state index >= 15 is 0 Å². The van der Waals surface area contributed by atoms with Gasteiger partial charge in [0, 0.05) is 13.5 Å². The van der Waals surface area contributed by atoms with Crippen LogP contribution in [0.5, 0.6) is 0 Å². The number of likely N-dealkylation sites (N-methyl/N-ethyl adjacent to an activating group) is 1. The van der Waals surface area contributed by atoms with E-state index in [9.17, 15) is 9.59 Å². The quantitative estimate of drug-likeness (QED) is 0.724. The number of amides is 1. The lowest BCUT2D eigenvalue weighted by Crippen LogP contribution is -2.37. The molecule has 0 aromatic rings. The molecule has 0 aromatic heterocycles. The van der Waals surface area contributed by atoms with E-state index in [0.29, 0.717) is 12.3 Å². The second-order valence-corrected chi connectivity index (χ2v) is 5.89. The van der Waals surface area contributed by atoms with Crippen LogP contribution in [0.4, 0.5) is 4.79 Å². The Hall–Kier alpha value is -1.32. The number of carbonyl (C=O) groups is 2. The number of ether oxygens (including phenoxy) is 1. The molecule has 4 heteroatoms. The average molecular weight is 253 g/mol. The van der Waals surface area contributed by atoms with Gasteiger partial charge in [-0.3, -0.25) is 4.79 Å². The van der Waals surface area contributed by atoms with Crippen LogP contribution in [0.15, 0.2) is 12.2 Å². The maximum Gasteiger partial charge on any atom is 0.410 e. The summed E-state index contributed by atoms with van der Waals surface area (Å²) in [6.07, 6.45) is 6.26. The van der Waals surface area contributed by atoms with Crippen LogP contribution in [0.3, 0.4) is 0 Å². The zero-order valence-corrected chi connectivity index (χ0v) is 11.7. The van der Waals surface area contributed by atoms with Gasteiger partial charge in [0.1, 0.15) is 5.60 Å². The highest BCUT2D eigenvalue weighted by Crippen LogP contribution is 2.21. The highest BCUT2D eigenvalue weighted by atomic mass is 16.6. The number of nitrogens with zero attached hydrogens (tertiary/aromatic N) is 1. The number of Topliss-reactive ketones (excluding diaryl/α,β-unsaturated/α-hetero) is 1. The molecule has 1 rings (SSSR count). The predicted molar refractivity (Wildman–Crippen MR) is 70.4 cm³/mol. The van der Waals surface area contributed by atoms with Gasteiger partial charge in [-0.1, -0.05) is 12.2 Å². The highest BCUT2D eigenvalue weighted by Gasteiger charge is 2.22. The first-order valence-electron chi connectivity index (χ1n) is 6.39. The van der Waals surface area contributed by atoms with Gasteiger partial charge in [0.2, 0.25) is 0 Å². The number of rotatable bonds is 4. The molecule has 0 bridgehead atoms. The van der Waals surface area contributed by atoms with Crippen LogP contribution in [-0.2, 0) is 9.53 Å². The van der Waals surface area contributed by atoms with Crippen molar-refractivity contribution in [2.45, 2.75) is 45.6 Å². The minimum Gasteiger partial charge on any atom is -0.444 e. The third kappa shape index (κ3) is 5.34. The zero-order chi connectivity index (χ0) is 13.8. The number of hydrogen-bond acceptors (Lipinski definition) is 3. The lowest BCUT2D eigenvalue weighted by molar-refractivity contribution is -0.120. The molecule has 0 unspecified atom stereocenters. The summed E-state index contributed by atoms with van der Waals surface area (Å²) in [6, 6.07) is 0. The van der Waals surface area contributed by atoms with Gasteiger partial charge in [-0.25, -0.2) is 4.79 Å². The Bertz CT molecular complexity index is 333. The van der Waals surface area contributed by atoms with Crippen LogP contribution < -0.4 is 0 Å². The van der Waals surface area contributed by atoms with Crippen LogP contribution in [0.2, 0.25) is 0 Å². The molecule has 18 heavy (non-hydrogen) atoms. The van der Waals surface area contributed by atoms with E-state index < -0.39 is 11.7 Å². The van der Waals surface area contributed by atoms with Crippen LogP contribution in [0, 0.1) is 5.92 Å². The lowest BCUT2D eigenvalue weighted by Gasteiger charge is -2.24. The molecular weight excluding hydrogens is 230 g/mol. The van der Waals surface area contributed by atoms with Crippen molar-refractivity contribution in [1.82, 2.24) is 4.90 Å². The van der Waals surface area contributed by atoms with Gasteiger partial charge in [-0.2, -0.15) is 0 Å². The van der Waals surface area contributed by atoms with Crippen molar-refractivity contribution >= 4 is 11.9 Å². The van der Waals surface area contributed by atoms with Crippen molar-refractivity contribution in [3.05, 3.63) is 12.2 Å². The van der Waals surface area contributed by atoms with E-state index in [4.69, 9.17) is 4.74 Å². The molecule has 1 aliphatic carbocycles. The Morgan fingerprint density at radius 3 is 2.33 bits per heavy atom. The summed E-state index contributed by atoms with van der Waals surface area (Å²) in [7, 11) is 1.60. The van der Waals surface area contributed by atoms with E-state index in [-0.39, 0.29) is 12.3 Å². The van der Waals surface area contributed by atoms with Crippen molar-refractivity contribution in [2.24, 2.45) is 5.92 Å². The Morgan fingerprint density at radius 2 is 1.83 bits per heavy atom. The van der Waals surface area contributed by atoms with Gasteiger partial charge >= 0.3 is 6.09 Å². The summed E-state index contributed by atoms with van der Waals surface area (Å²) in [4.78, 5) is 24.8. The Balaban J connectivity index is 2.32. The van der Waals surface area contributed by atoms with Crippen LogP contribution in [0.25, 0.3) is 0 Å². The van der Waals surface area contributed by atoms with Crippen molar-refractivity contribution in [2.75, 3.05) is 13.6 Å². The molecule has 1 amide bonds. The van der Waals surface area contributed by atoms with Crippen LogP contribution in [-0.4, -0.2) is 36.0 Å². The molecule has 0 N–H and O–H groups in total. The number of ketones is 1. The molecule has 4 nitrogen and oxygen atoms in total. The second-order valence-electron chi connectivity index (χ2n) is 5.89. The van der Waals surface area contributed by atoms with Gasteiger partial charge in [0.05, 0.1) is 6.54 Å². The van der Waals surface area contributed by atoms with Crippen molar-refractivity contribution in [3.63, 3.8) is 0 Å². The summed E-state index contributed by atoms with van der Waals surface area (Å²) < 4.78 is 5.19. The predicted octanol–water partition coefficient (Wildman–Crippen LogP) is 2.78. The fraction of sp³-hybridized carbons (Fsp3) is 0.714. The largest absolute Gasteiger partial charge is 0.444 e. The van der Waals surface area contributed by atoms with E-state index in [1.807, 2.05) is 20.8 Å². The summed E-state index contributed by atoms with van der Waals surface area (Å²) in [5.41, 5.74) is -0.524. The normalized spacial score (nSPS) is 15.8. The number of hydrogen-bond donors (Lipinski definition) is 0. The average Bonchev–Trinajstić information content (AvgIpc) is 2.67. The first kappa shape index (κ1) is 14.7. The minimum atomic E-state index is -0.524. The molecule has 102 valence electrons. The number of allylic oxidation sites excluding steroid dienone is 2. The first-order valence-corrected chi connectivity index (χ1v) is 6.39. The van der Waals surface area contributed by atoms with E-state index in [2.05, 4.69) is 12.2 Å².